The maximum absolute atomic E-state index is 12.4. The molecule has 2 aromatic rings. The van der Waals surface area contributed by atoms with Crippen molar-refractivity contribution < 1.29 is 14.3 Å². The van der Waals surface area contributed by atoms with E-state index in [-0.39, 0.29) is 6.03 Å². The number of rotatable bonds is 7. The Labute approximate surface area is 167 Å². The fourth-order valence-corrected chi connectivity index (χ4v) is 3.75. The number of carbonyl (C=O) groups excluding carboxylic acids is 1. The molecule has 1 heterocycles. The van der Waals surface area contributed by atoms with Crippen LogP contribution in [-0.4, -0.2) is 44.8 Å². The van der Waals surface area contributed by atoms with Crippen LogP contribution in [0.5, 0.6) is 11.5 Å². The highest BCUT2D eigenvalue weighted by atomic mass is 16.5. The molecule has 150 valence electrons. The Morgan fingerprint density at radius 3 is 2.39 bits per heavy atom. The average molecular weight is 383 g/mol. The zero-order valence-corrected chi connectivity index (χ0v) is 16.8. The summed E-state index contributed by atoms with van der Waals surface area (Å²) in [6.45, 7) is 2.28. The molecular weight excluding hydrogens is 352 g/mol. The highest BCUT2D eigenvalue weighted by Gasteiger charge is 2.22. The molecular formula is C23H30N2O3. The van der Waals surface area contributed by atoms with Crippen LogP contribution in [0.1, 0.15) is 24.0 Å². The van der Waals surface area contributed by atoms with Gasteiger partial charge in [-0.1, -0.05) is 36.4 Å². The summed E-state index contributed by atoms with van der Waals surface area (Å²) in [5.74, 6) is 2.10. The molecule has 1 aliphatic rings. The molecule has 1 aliphatic heterocycles. The Kier molecular flexibility index (Phi) is 7.18. The van der Waals surface area contributed by atoms with Gasteiger partial charge in [0, 0.05) is 19.6 Å². The van der Waals surface area contributed by atoms with E-state index in [1.807, 2.05) is 23.1 Å². The number of urea groups is 1. The van der Waals surface area contributed by atoms with Crippen molar-refractivity contribution in [2.45, 2.75) is 25.7 Å². The molecule has 1 fully saturated rings. The number of likely N-dealkylation sites (tertiary alicyclic amines) is 1. The quantitative estimate of drug-likeness (QED) is 0.790. The summed E-state index contributed by atoms with van der Waals surface area (Å²) < 4.78 is 10.6. The molecule has 5 heteroatoms. The van der Waals surface area contributed by atoms with Crippen molar-refractivity contribution in [3.63, 3.8) is 0 Å². The van der Waals surface area contributed by atoms with Crippen LogP contribution in [0.15, 0.2) is 48.5 Å². The van der Waals surface area contributed by atoms with E-state index >= 15 is 0 Å². The molecule has 1 saturated heterocycles. The summed E-state index contributed by atoms with van der Waals surface area (Å²) in [7, 11) is 3.26. The van der Waals surface area contributed by atoms with E-state index in [4.69, 9.17) is 9.47 Å². The zero-order valence-electron chi connectivity index (χ0n) is 16.8. The molecule has 0 aliphatic carbocycles. The maximum atomic E-state index is 12.4. The van der Waals surface area contributed by atoms with E-state index in [0.717, 1.165) is 44.3 Å². The van der Waals surface area contributed by atoms with Crippen LogP contribution in [0.2, 0.25) is 0 Å². The Bertz CT molecular complexity index is 756. The molecule has 0 bridgehead atoms. The van der Waals surface area contributed by atoms with Gasteiger partial charge in [0.1, 0.15) is 0 Å². The van der Waals surface area contributed by atoms with Crippen molar-refractivity contribution in [1.29, 1.82) is 0 Å². The van der Waals surface area contributed by atoms with Crippen LogP contribution >= 0.6 is 0 Å². The van der Waals surface area contributed by atoms with Gasteiger partial charge in [-0.25, -0.2) is 4.79 Å². The molecule has 28 heavy (non-hydrogen) atoms. The molecule has 0 saturated carbocycles. The molecule has 0 atom stereocenters. The lowest BCUT2D eigenvalue weighted by atomic mass is 9.90. The summed E-state index contributed by atoms with van der Waals surface area (Å²) in [6.07, 6.45) is 4.00. The van der Waals surface area contributed by atoms with E-state index in [2.05, 4.69) is 35.6 Å². The highest BCUT2D eigenvalue weighted by Crippen LogP contribution is 2.27. The van der Waals surface area contributed by atoms with Crippen LogP contribution in [0.3, 0.4) is 0 Å². The van der Waals surface area contributed by atoms with E-state index in [1.54, 1.807) is 14.2 Å². The zero-order chi connectivity index (χ0) is 19.8. The second kappa shape index (κ2) is 10.0. The summed E-state index contributed by atoms with van der Waals surface area (Å²) in [6, 6.07) is 16.5. The van der Waals surface area contributed by atoms with Gasteiger partial charge in [0.2, 0.25) is 0 Å². The summed E-state index contributed by atoms with van der Waals surface area (Å²) >= 11 is 0. The number of benzene rings is 2. The van der Waals surface area contributed by atoms with E-state index < -0.39 is 0 Å². The summed E-state index contributed by atoms with van der Waals surface area (Å²) in [5.41, 5.74) is 2.50. The van der Waals surface area contributed by atoms with E-state index in [9.17, 15) is 4.79 Å². The lowest BCUT2D eigenvalue weighted by Crippen LogP contribution is -2.45. The van der Waals surface area contributed by atoms with E-state index in [1.165, 1.54) is 5.56 Å². The minimum atomic E-state index is 0.0404. The fraction of sp³-hybridized carbons (Fsp3) is 0.435. The smallest absolute Gasteiger partial charge is 0.317 e. The Morgan fingerprint density at radius 2 is 1.71 bits per heavy atom. The second-order valence-electron chi connectivity index (χ2n) is 7.29. The van der Waals surface area contributed by atoms with Crippen LogP contribution in [0, 0.1) is 5.92 Å². The van der Waals surface area contributed by atoms with Gasteiger partial charge < -0.3 is 19.7 Å². The topological polar surface area (TPSA) is 50.8 Å². The third-order valence-electron chi connectivity index (χ3n) is 5.41. The number of nitrogens with one attached hydrogen (secondary N) is 1. The predicted molar refractivity (Wildman–Crippen MR) is 111 cm³/mol. The van der Waals surface area contributed by atoms with Gasteiger partial charge in [-0.3, -0.25) is 0 Å². The summed E-state index contributed by atoms with van der Waals surface area (Å²) in [5, 5.41) is 3.05. The number of amides is 2. The number of ether oxygens (including phenoxy) is 2. The lowest BCUT2D eigenvalue weighted by molar-refractivity contribution is 0.170. The minimum absolute atomic E-state index is 0.0404. The first-order valence-electron chi connectivity index (χ1n) is 9.97. The van der Waals surface area contributed by atoms with Crippen molar-refractivity contribution in [1.82, 2.24) is 10.2 Å². The highest BCUT2D eigenvalue weighted by molar-refractivity contribution is 5.74. The fourth-order valence-electron chi connectivity index (χ4n) is 3.75. The molecule has 3 rings (SSSR count). The van der Waals surface area contributed by atoms with Gasteiger partial charge in [0.15, 0.2) is 11.5 Å². The van der Waals surface area contributed by atoms with Crippen molar-refractivity contribution in [2.75, 3.05) is 33.9 Å². The third kappa shape index (κ3) is 5.41. The molecule has 0 spiro atoms. The van der Waals surface area contributed by atoms with Crippen molar-refractivity contribution in [3.8, 4) is 11.5 Å². The Hall–Kier alpha value is -2.69. The largest absolute Gasteiger partial charge is 0.493 e. The molecule has 5 nitrogen and oxygen atoms in total. The standard InChI is InChI=1S/C23H30N2O3/c1-27-21-9-8-19(17-22(21)28-2)10-13-24-23(26)25-14-11-20(12-15-25)16-18-6-4-3-5-7-18/h3-9,17,20H,10-16H2,1-2H3,(H,24,26). The number of hydrogen-bond donors (Lipinski definition) is 1. The molecule has 0 aromatic heterocycles. The minimum Gasteiger partial charge on any atom is -0.493 e. The van der Waals surface area contributed by atoms with Gasteiger partial charge in [0.05, 0.1) is 14.2 Å². The first-order valence-corrected chi connectivity index (χ1v) is 9.97. The average Bonchev–Trinajstić information content (AvgIpc) is 2.74. The van der Waals surface area contributed by atoms with E-state index in [0.29, 0.717) is 24.0 Å². The van der Waals surface area contributed by atoms with Gasteiger partial charge in [-0.2, -0.15) is 0 Å². The van der Waals surface area contributed by atoms with Gasteiger partial charge in [0.25, 0.3) is 0 Å². The maximum Gasteiger partial charge on any atom is 0.317 e. The van der Waals surface area contributed by atoms with Crippen molar-refractivity contribution in [3.05, 3.63) is 59.7 Å². The monoisotopic (exact) mass is 382 g/mol. The van der Waals surface area contributed by atoms with Crippen LogP contribution in [-0.2, 0) is 12.8 Å². The van der Waals surface area contributed by atoms with Crippen molar-refractivity contribution in [2.24, 2.45) is 5.92 Å². The normalized spacial score (nSPS) is 14.6. The summed E-state index contributed by atoms with van der Waals surface area (Å²) in [4.78, 5) is 14.4. The Balaban J connectivity index is 1.40. The van der Waals surface area contributed by atoms with Gasteiger partial charge in [-0.15, -0.1) is 0 Å². The molecule has 1 N–H and O–H groups in total. The van der Waals surface area contributed by atoms with Crippen molar-refractivity contribution >= 4 is 6.03 Å². The second-order valence-corrected chi connectivity index (χ2v) is 7.29. The first kappa shape index (κ1) is 20.1. The molecule has 0 unspecified atom stereocenters. The van der Waals surface area contributed by atoms with Gasteiger partial charge >= 0.3 is 6.03 Å². The predicted octanol–water partition coefficient (Wildman–Crippen LogP) is 3.91. The number of hydrogen-bond acceptors (Lipinski definition) is 3. The molecule has 2 amide bonds. The number of nitrogens with zero attached hydrogens (tertiary/aromatic N) is 1. The number of carbonyl (C=O) groups is 1. The van der Waals surface area contributed by atoms with Gasteiger partial charge in [-0.05, 0) is 54.9 Å². The number of methoxy groups -OCH3 is 2. The molecule has 0 radical (unpaired) electrons. The van der Waals surface area contributed by atoms with Crippen LogP contribution in [0.25, 0.3) is 0 Å². The number of piperidine rings is 1. The lowest BCUT2D eigenvalue weighted by Gasteiger charge is -2.32. The Morgan fingerprint density at radius 1 is 1.00 bits per heavy atom. The first-order chi connectivity index (χ1) is 13.7. The SMILES string of the molecule is COc1ccc(CCNC(=O)N2CCC(Cc3ccccc3)CC2)cc1OC. The molecule has 2 aromatic carbocycles. The third-order valence-corrected chi connectivity index (χ3v) is 5.41. The van der Waals surface area contributed by atoms with Crippen LogP contribution < -0.4 is 14.8 Å². The van der Waals surface area contributed by atoms with Crippen LogP contribution in [0.4, 0.5) is 4.79 Å².